The van der Waals surface area contributed by atoms with Gasteiger partial charge in [0.2, 0.25) is 5.88 Å². The minimum atomic E-state index is -4.07. The predicted octanol–water partition coefficient (Wildman–Crippen LogP) is 4.41. The topological polar surface area (TPSA) is 123 Å². The first-order chi connectivity index (χ1) is 18.4. The van der Waals surface area contributed by atoms with Crippen LogP contribution in [0.15, 0.2) is 90.2 Å². The van der Waals surface area contributed by atoms with E-state index in [0.717, 1.165) is 27.6 Å². The highest BCUT2D eigenvalue weighted by Gasteiger charge is 2.20. The zero-order valence-electron chi connectivity index (χ0n) is 20.2. The molecule has 0 spiro atoms. The van der Waals surface area contributed by atoms with Crippen LogP contribution in [-0.4, -0.2) is 36.4 Å². The number of hydrogen-bond acceptors (Lipinski definition) is 7. The van der Waals surface area contributed by atoms with E-state index < -0.39 is 15.9 Å². The van der Waals surface area contributed by atoms with Crippen LogP contribution in [-0.2, 0) is 16.6 Å². The number of amides is 1. The lowest BCUT2D eigenvalue weighted by Gasteiger charge is -2.14. The Morgan fingerprint density at radius 3 is 2.58 bits per heavy atom. The molecule has 1 aliphatic rings. The Bertz CT molecular complexity index is 1840. The van der Waals surface area contributed by atoms with E-state index in [-0.39, 0.29) is 28.6 Å². The summed E-state index contributed by atoms with van der Waals surface area (Å²) in [6.45, 7) is 0.170. The van der Waals surface area contributed by atoms with Crippen LogP contribution in [0.1, 0.15) is 16.1 Å². The molecule has 0 fully saturated rings. The second-order valence-corrected chi connectivity index (χ2v) is 10.4. The summed E-state index contributed by atoms with van der Waals surface area (Å²) in [7, 11) is -2.65. The third-order valence-corrected chi connectivity index (χ3v) is 7.69. The molecule has 8 bridgehead atoms. The summed E-state index contributed by atoms with van der Waals surface area (Å²) in [5.41, 5.74) is 5.22. The number of carbonyl (C=O) groups excluding carboxylic acids is 1. The number of hydrogen-bond donors (Lipinski definition) is 2. The zero-order valence-corrected chi connectivity index (χ0v) is 21.0. The smallest absolute Gasteiger partial charge is 0.262 e. The number of carbonyl (C=O) groups is 1. The van der Waals surface area contributed by atoms with Crippen LogP contribution < -0.4 is 14.8 Å². The average Bonchev–Trinajstić information content (AvgIpc) is 2.95. The molecule has 0 saturated carbocycles. The molecular formula is C28H21N5O4S. The van der Waals surface area contributed by atoms with Gasteiger partial charge < -0.3 is 10.1 Å². The van der Waals surface area contributed by atoms with E-state index in [0.29, 0.717) is 11.3 Å². The first-order valence-electron chi connectivity index (χ1n) is 11.7. The number of fused-ring (bicyclic) bond motifs is 9. The van der Waals surface area contributed by atoms with Gasteiger partial charge in [0.1, 0.15) is 5.69 Å². The molecule has 3 aromatic heterocycles. The summed E-state index contributed by atoms with van der Waals surface area (Å²) in [6, 6.07) is 19.1. The van der Waals surface area contributed by atoms with Gasteiger partial charge in [0.25, 0.3) is 15.9 Å². The Morgan fingerprint density at radius 2 is 1.71 bits per heavy atom. The van der Waals surface area contributed by atoms with Crippen molar-refractivity contribution in [2.24, 2.45) is 0 Å². The molecule has 38 heavy (non-hydrogen) atoms. The summed E-state index contributed by atoms with van der Waals surface area (Å²) in [5.74, 6) is -0.302. The second-order valence-electron chi connectivity index (χ2n) is 8.72. The van der Waals surface area contributed by atoms with Crippen LogP contribution >= 0.6 is 0 Å². The average molecular weight is 524 g/mol. The Morgan fingerprint density at radius 1 is 0.842 bits per heavy atom. The molecule has 9 nitrogen and oxygen atoms in total. The summed E-state index contributed by atoms with van der Waals surface area (Å²) in [4.78, 5) is 26.1. The first kappa shape index (κ1) is 23.6. The predicted molar refractivity (Wildman–Crippen MR) is 143 cm³/mol. The van der Waals surface area contributed by atoms with Crippen molar-refractivity contribution in [1.82, 2.24) is 20.3 Å². The molecule has 2 aromatic carbocycles. The lowest BCUT2D eigenvalue weighted by Crippen LogP contribution is -2.24. The molecule has 5 aromatic rings. The number of pyridine rings is 3. The largest absolute Gasteiger partial charge is 0.480 e. The Labute approximate surface area is 218 Å². The van der Waals surface area contributed by atoms with Gasteiger partial charge >= 0.3 is 0 Å². The number of nitrogens with zero attached hydrogens (tertiary/aromatic N) is 3. The van der Waals surface area contributed by atoms with E-state index in [1.54, 1.807) is 30.7 Å². The van der Waals surface area contributed by atoms with Gasteiger partial charge in [-0.3, -0.25) is 19.5 Å². The number of benzene rings is 2. The van der Waals surface area contributed by atoms with Gasteiger partial charge in [-0.25, -0.2) is 13.4 Å². The first-order valence-corrected chi connectivity index (χ1v) is 13.2. The van der Waals surface area contributed by atoms with E-state index in [1.165, 1.54) is 25.3 Å². The fourth-order valence-electron chi connectivity index (χ4n) is 4.45. The number of sulfonamides is 1. The Balaban J connectivity index is 1.59. The molecule has 0 radical (unpaired) electrons. The number of rotatable bonds is 1. The van der Waals surface area contributed by atoms with E-state index in [4.69, 9.17) is 4.74 Å². The van der Waals surface area contributed by atoms with Crippen LogP contribution in [0.2, 0.25) is 0 Å². The van der Waals surface area contributed by atoms with Gasteiger partial charge in [0.15, 0.2) is 0 Å². The van der Waals surface area contributed by atoms with E-state index in [9.17, 15) is 13.2 Å². The lowest BCUT2D eigenvalue weighted by atomic mass is 9.98. The zero-order chi connectivity index (χ0) is 26.3. The van der Waals surface area contributed by atoms with Gasteiger partial charge in [-0.1, -0.05) is 12.1 Å². The van der Waals surface area contributed by atoms with Gasteiger partial charge in [0, 0.05) is 35.1 Å². The maximum absolute atomic E-state index is 13.3. The Kier molecular flexibility index (Phi) is 5.73. The van der Waals surface area contributed by atoms with Crippen LogP contribution in [0, 0.1) is 0 Å². The molecule has 4 heterocycles. The fourth-order valence-corrected chi connectivity index (χ4v) is 5.54. The molecular weight excluding hydrogens is 502 g/mol. The number of anilines is 1. The lowest BCUT2D eigenvalue weighted by molar-refractivity contribution is 0.0950. The van der Waals surface area contributed by atoms with Crippen molar-refractivity contribution in [2.45, 2.75) is 11.4 Å². The summed E-state index contributed by atoms with van der Waals surface area (Å²) in [5, 5.41) is 3.73. The van der Waals surface area contributed by atoms with Crippen molar-refractivity contribution in [2.75, 3.05) is 11.8 Å². The summed E-state index contributed by atoms with van der Waals surface area (Å²) >= 11 is 0. The van der Waals surface area contributed by atoms with E-state index >= 15 is 0 Å². The van der Waals surface area contributed by atoms with Gasteiger partial charge in [-0.2, -0.15) is 0 Å². The van der Waals surface area contributed by atoms with Crippen LogP contribution in [0.5, 0.6) is 5.88 Å². The van der Waals surface area contributed by atoms with Crippen molar-refractivity contribution < 1.29 is 17.9 Å². The molecule has 188 valence electrons. The molecule has 1 aliphatic heterocycles. The third-order valence-electron chi connectivity index (χ3n) is 6.33. The molecule has 10 heteroatoms. The van der Waals surface area contributed by atoms with E-state index in [1.807, 2.05) is 36.4 Å². The molecule has 2 N–H and O–H groups in total. The minimum absolute atomic E-state index is 0.0692. The fraction of sp³-hybridized carbons (Fsp3) is 0.0714. The third kappa shape index (κ3) is 4.31. The van der Waals surface area contributed by atoms with Gasteiger partial charge in [0.05, 0.1) is 29.8 Å². The van der Waals surface area contributed by atoms with E-state index in [2.05, 4.69) is 25.0 Å². The maximum atomic E-state index is 13.3. The monoisotopic (exact) mass is 523 g/mol. The second kappa shape index (κ2) is 9.24. The van der Waals surface area contributed by atoms with Crippen molar-refractivity contribution in [3.05, 3.63) is 96.6 Å². The Hall–Kier alpha value is -4.83. The van der Waals surface area contributed by atoms with Crippen LogP contribution in [0.25, 0.3) is 33.2 Å². The molecule has 0 saturated heterocycles. The molecule has 0 unspecified atom stereocenters. The van der Waals surface area contributed by atoms with Crippen LogP contribution in [0.3, 0.4) is 0 Å². The normalized spacial score (nSPS) is 14.2. The van der Waals surface area contributed by atoms with Gasteiger partial charge in [-0.05, 0) is 71.3 Å². The standard InChI is InChI=1S/C28H21N5O4S/c1-37-28-26-14-20(15-32-28)17-5-6-25-24(13-17)23(8-10-30-25)18-7-9-29-21(11-18)16-31-27(34)19-3-2-4-22(12-19)38(35,36)33-26/h2-15,33H,16H2,1H3,(H,31,34). The highest BCUT2D eigenvalue weighted by atomic mass is 32.2. The summed E-state index contributed by atoms with van der Waals surface area (Å²) < 4.78 is 34.5. The summed E-state index contributed by atoms with van der Waals surface area (Å²) in [6.07, 6.45) is 5.07. The number of ether oxygens (including phenoxy) is 1. The molecule has 0 atom stereocenters. The molecule has 0 aliphatic carbocycles. The van der Waals surface area contributed by atoms with Crippen molar-refractivity contribution in [1.29, 1.82) is 0 Å². The number of aromatic nitrogens is 3. The van der Waals surface area contributed by atoms with Crippen molar-refractivity contribution in [3.63, 3.8) is 0 Å². The number of nitrogens with one attached hydrogen (secondary N) is 2. The van der Waals surface area contributed by atoms with Crippen molar-refractivity contribution >= 4 is 32.5 Å². The number of methoxy groups -OCH3 is 1. The van der Waals surface area contributed by atoms with Crippen molar-refractivity contribution in [3.8, 4) is 28.1 Å². The highest BCUT2D eigenvalue weighted by Crippen LogP contribution is 2.34. The maximum Gasteiger partial charge on any atom is 0.262 e. The van der Waals surface area contributed by atoms with Crippen LogP contribution in [0.4, 0.5) is 5.69 Å². The highest BCUT2D eigenvalue weighted by molar-refractivity contribution is 7.92. The van der Waals surface area contributed by atoms with Gasteiger partial charge in [-0.15, -0.1) is 0 Å². The minimum Gasteiger partial charge on any atom is -0.480 e. The quantitative estimate of drug-likeness (QED) is 0.334. The SMILES string of the molecule is COc1ncc2cc1NS(=O)(=O)c1cccc(c1)C(=O)NCc1cc(ccn1)-c1ccnc3ccc-2cc13. The molecule has 1 amide bonds. The molecule has 6 rings (SSSR count).